The van der Waals surface area contributed by atoms with Crippen LogP contribution in [0.2, 0.25) is 15.1 Å². The summed E-state index contributed by atoms with van der Waals surface area (Å²) >= 11 is 21.1. The molecule has 174 valence electrons. The number of allylic oxidation sites excluding steroid dienone is 1. The van der Waals surface area contributed by atoms with Crippen molar-refractivity contribution in [2.24, 2.45) is 0 Å². The fraction of sp³-hybridized carbons (Fsp3) is 0.125. The molecule has 10 heteroatoms. The first kappa shape index (κ1) is 24.8. The Labute approximate surface area is 220 Å². The number of nitrogens with one attached hydrogen (secondary N) is 1. The summed E-state index contributed by atoms with van der Waals surface area (Å²) in [6.07, 6.45) is 1.79. The number of thiophene rings is 1. The van der Waals surface area contributed by atoms with Crippen molar-refractivity contribution in [3.63, 3.8) is 0 Å². The summed E-state index contributed by atoms with van der Waals surface area (Å²) in [5, 5.41) is 15.2. The molecular weight excluding hydrogens is 531 g/mol. The van der Waals surface area contributed by atoms with E-state index in [1.807, 2.05) is 22.8 Å². The fourth-order valence-electron chi connectivity index (χ4n) is 3.41. The predicted octanol–water partition coefficient (Wildman–Crippen LogP) is 7.86. The second kappa shape index (κ2) is 11.0. The van der Waals surface area contributed by atoms with Crippen molar-refractivity contribution in [3.8, 4) is 22.5 Å². The fourth-order valence-corrected chi connectivity index (χ4v) is 5.61. The molecule has 0 fully saturated rings. The average Bonchev–Trinajstić information content (AvgIpc) is 3.39. The van der Waals surface area contributed by atoms with Crippen LogP contribution < -0.4 is 5.32 Å². The molecule has 0 aliphatic carbocycles. The molecule has 0 spiro atoms. The second-order valence-corrected chi connectivity index (χ2v) is 10.5. The maximum absolute atomic E-state index is 12.6. The molecule has 4 aromatic rings. The minimum Gasteiger partial charge on any atom is -0.324 e. The van der Waals surface area contributed by atoms with E-state index < -0.39 is 0 Å². The van der Waals surface area contributed by atoms with Crippen molar-refractivity contribution in [1.82, 2.24) is 14.8 Å². The lowest BCUT2D eigenvalue weighted by molar-refractivity contribution is -0.113. The van der Waals surface area contributed by atoms with Gasteiger partial charge in [0.15, 0.2) is 11.0 Å². The van der Waals surface area contributed by atoms with Crippen LogP contribution >= 0.6 is 57.9 Å². The molecule has 2 aromatic carbocycles. The van der Waals surface area contributed by atoms with E-state index in [4.69, 9.17) is 34.8 Å². The number of thioether (sulfide) groups is 1. The number of benzene rings is 2. The minimum absolute atomic E-state index is 0.111. The Bertz CT molecular complexity index is 1350. The van der Waals surface area contributed by atoms with Gasteiger partial charge >= 0.3 is 0 Å². The number of rotatable bonds is 8. The average molecular weight is 550 g/mol. The summed E-state index contributed by atoms with van der Waals surface area (Å²) in [4.78, 5) is 13.8. The van der Waals surface area contributed by atoms with Crippen molar-refractivity contribution in [3.05, 3.63) is 80.4 Å². The molecule has 2 heterocycles. The normalized spacial score (nSPS) is 10.9. The highest BCUT2D eigenvalue weighted by Gasteiger charge is 2.21. The van der Waals surface area contributed by atoms with Crippen molar-refractivity contribution in [2.75, 3.05) is 11.1 Å². The maximum Gasteiger partial charge on any atom is 0.234 e. The standard InChI is InChI=1S/C24H19Cl3N4OS2/c1-3-9-31-23(16-12-33-14(2)22(16)15-7-5-4-6-8-15)29-30-24(31)34-13-21(32)28-20-11-18(26)17(25)10-19(20)27/h3-8,10-12H,1,9,13H2,2H3,(H,28,32). The highest BCUT2D eigenvalue weighted by Crippen LogP contribution is 2.39. The van der Waals surface area contributed by atoms with E-state index in [2.05, 4.69) is 46.5 Å². The topological polar surface area (TPSA) is 59.8 Å². The number of hydrogen-bond acceptors (Lipinski definition) is 5. The predicted molar refractivity (Wildman–Crippen MR) is 145 cm³/mol. The Kier molecular flexibility index (Phi) is 8.01. The van der Waals surface area contributed by atoms with Gasteiger partial charge in [-0.2, -0.15) is 0 Å². The molecule has 0 saturated carbocycles. The molecule has 34 heavy (non-hydrogen) atoms. The molecule has 0 radical (unpaired) electrons. The van der Waals surface area contributed by atoms with E-state index in [1.165, 1.54) is 28.8 Å². The van der Waals surface area contributed by atoms with Crippen molar-refractivity contribution in [2.45, 2.75) is 18.6 Å². The van der Waals surface area contributed by atoms with Crippen LogP contribution in [0.4, 0.5) is 5.69 Å². The molecule has 0 bridgehead atoms. The number of halogens is 3. The van der Waals surface area contributed by atoms with Crippen LogP contribution in [-0.2, 0) is 11.3 Å². The van der Waals surface area contributed by atoms with Gasteiger partial charge in [0.1, 0.15) is 0 Å². The van der Waals surface area contributed by atoms with E-state index in [9.17, 15) is 4.79 Å². The quantitative estimate of drug-likeness (QED) is 0.138. The van der Waals surface area contributed by atoms with E-state index in [0.717, 1.165) is 22.5 Å². The monoisotopic (exact) mass is 548 g/mol. The third-order valence-electron chi connectivity index (χ3n) is 4.92. The van der Waals surface area contributed by atoms with Crippen LogP contribution in [-0.4, -0.2) is 26.4 Å². The Morgan fingerprint density at radius 1 is 1.15 bits per heavy atom. The number of nitrogens with zero attached hydrogens (tertiary/aromatic N) is 3. The highest BCUT2D eigenvalue weighted by molar-refractivity contribution is 7.99. The molecule has 0 atom stereocenters. The first-order valence-corrected chi connectivity index (χ1v) is 13.1. The summed E-state index contributed by atoms with van der Waals surface area (Å²) in [5.74, 6) is 0.593. The molecular formula is C24H19Cl3N4OS2. The van der Waals surface area contributed by atoms with Gasteiger partial charge in [-0.25, -0.2) is 0 Å². The summed E-state index contributed by atoms with van der Waals surface area (Å²) in [6, 6.07) is 13.2. The van der Waals surface area contributed by atoms with Gasteiger partial charge < -0.3 is 5.32 Å². The van der Waals surface area contributed by atoms with Gasteiger partial charge in [-0.15, -0.1) is 28.1 Å². The van der Waals surface area contributed by atoms with E-state index >= 15 is 0 Å². The lowest BCUT2D eigenvalue weighted by Crippen LogP contribution is -2.15. The van der Waals surface area contributed by atoms with E-state index in [1.54, 1.807) is 17.4 Å². The van der Waals surface area contributed by atoms with Crippen LogP contribution in [0.3, 0.4) is 0 Å². The van der Waals surface area contributed by atoms with Gasteiger partial charge in [0.2, 0.25) is 5.91 Å². The summed E-state index contributed by atoms with van der Waals surface area (Å²) in [6.45, 7) is 6.48. The van der Waals surface area contributed by atoms with Gasteiger partial charge in [-0.05, 0) is 24.6 Å². The number of aromatic nitrogens is 3. The number of carbonyl (C=O) groups is 1. The number of aryl methyl sites for hydroxylation is 1. The summed E-state index contributed by atoms with van der Waals surface area (Å²) in [7, 11) is 0. The van der Waals surface area contributed by atoms with Crippen LogP contribution in [0.1, 0.15) is 4.88 Å². The van der Waals surface area contributed by atoms with Crippen LogP contribution in [0.15, 0.2) is 65.7 Å². The zero-order chi connectivity index (χ0) is 24.2. The largest absolute Gasteiger partial charge is 0.324 e. The third kappa shape index (κ3) is 5.34. The highest BCUT2D eigenvalue weighted by atomic mass is 35.5. The molecule has 0 saturated heterocycles. The summed E-state index contributed by atoms with van der Waals surface area (Å²) < 4.78 is 1.96. The van der Waals surface area contributed by atoms with Gasteiger partial charge in [0.05, 0.1) is 26.5 Å². The zero-order valence-electron chi connectivity index (χ0n) is 18.0. The summed E-state index contributed by atoms with van der Waals surface area (Å²) in [5.41, 5.74) is 3.65. The number of amides is 1. The Morgan fingerprint density at radius 2 is 1.88 bits per heavy atom. The van der Waals surface area contributed by atoms with Gasteiger partial charge in [-0.1, -0.05) is 83.0 Å². The van der Waals surface area contributed by atoms with Gasteiger partial charge in [-0.3, -0.25) is 9.36 Å². The smallest absolute Gasteiger partial charge is 0.234 e. The molecule has 5 nitrogen and oxygen atoms in total. The lowest BCUT2D eigenvalue weighted by Gasteiger charge is -2.10. The van der Waals surface area contributed by atoms with Crippen molar-refractivity contribution < 1.29 is 4.79 Å². The number of hydrogen-bond donors (Lipinski definition) is 1. The molecule has 0 aliphatic rings. The molecule has 0 aliphatic heterocycles. The van der Waals surface area contributed by atoms with Crippen LogP contribution in [0.5, 0.6) is 0 Å². The number of anilines is 1. The molecule has 0 unspecified atom stereocenters. The Balaban J connectivity index is 1.57. The molecule has 1 N–H and O–H groups in total. The Morgan fingerprint density at radius 3 is 2.62 bits per heavy atom. The zero-order valence-corrected chi connectivity index (χ0v) is 21.9. The molecule has 1 amide bonds. The van der Waals surface area contributed by atoms with Crippen LogP contribution in [0.25, 0.3) is 22.5 Å². The minimum atomic E-state index is -0.253. The maximum atomic E-state index is 12.6. The van der Waals surface area contributed by atoms with Gasteiger partial charge in [0.25, 0.3) is 0 Å². The van der Waals surface area contributed by atoms with Crippen molar-refractivity contribution in [1.29, 1.82) is 0 Å². The second-order valence-electron chi connectivity index (χ2n) is 7.24. The van der Waals surface area contributed by atoms with E-state index in [-0.39, 0.29) is 11.7 Å². The molecule has 4 rings (SSSR count). The lowest BCUT2D eigenvalue weighted by atomic mass is 10.0. The first-order chi connectivity index (χ1) is 16.4. The van der Waals surface area contributed by atoms with Gasteiger partial charge in [0, 0.05) is 27.9 Å². The van der Waals surface area contributed by atoms with Crippen molar-refractivity contribution >= 4 is 69.5 Å². The molecule has 2 aromatic heterocycles. The third-order valence-corrected chi connectivity index (χ3v) is 7.84. The number of carbonyl (C=O) groups excluding carboxylic acids is 1. The Hall–Kier alpha value is -2.29. The van der Waals surface area contributed by atoms with E-state index in [0.29, 0.717) is 32.5 Å². The SMILES string of the molecule is C=CCn1c(SCC(=O)Nc2cc(Cl)c(Cl)cc2Cl)nnc1-c1csc(C)c1-c1ccccc1. The van der Waals surface area contributed by atoms with Crippen LogP contribution in [0, 0.1) is 6.92 Å². The first-order valence-electron chi connectivity index (χ1n) is 10.1.